The molecule has 25 heavy (non-hydrogen) atoms. The van der Waals surface area contributed by atoms with E-state index in [-0.39, 0.29) is 16.3 Å². The number of azo groups is 1. The molecule has 0 atom stereocenters. The maximum atomic E-state index is 11.7. The summed E-state index contributed by atoms with van der Waals surface area (Å²) in [5.74, 6) is -0.677. The number of carbonyl (C=O) groups is 1. The fraction of sp³-hybridized carbons (Fsp3) is 0.312. The molecule has 2 rings (SSSR count). The Morgan fingerprint density at radius 2 is 1.88 bits per heavy atom. The molecule has 0 aliphatic heterocycles. The molecule has 1 heterocycles. The van der Waals surface area contributed by atoms with E-state index in [4.69, 9.17) is 0 Å². The van der Waals surface area contributed by atoms with Crippen LogP contribution in [0.2, 0.25) is 0 Å². The molecule has 0 radical (unpaired) electrons. The predicted molar refractivity (Wildman–Crippen MR) is 96.5 cm³/mol. The number of anilines is 1. The Labute approximate surface area is 148 Å². The van der Waals surface area contributed by atoms with Crippen LogP contribution in [0.5, 0.6) is 0 Å². The molecule has 2 aromatic rings. The highest BCUT2D eigenvalue weighted by atomic mass is 32.1. The second kappa shape index (κ2) is 8.34. The fourth-order valence-electron chi connectivity index (χ4n) is 2.23. The quantitative estimate of drug-likeness (QED) is 0.308. The summed E-state index contributed by atoms with van der Waals surface area (Å²) >= 11 is 0.908. The van der Waals surface area contributed by atoms with Gasteiger partial charge < -0.3 is 9.64 Å². The number of hydrogen-bond acceptors (Lipinski definition) is 8. The molecule has 0 unspecified atom stereocenters. The van der Waals surface area contributed by atoms with Gasteiger partial charge in [-0.25, -0.2) is 4.79 Å². The number of ether oxygens (including phenoxy) is 1. The lowest BCUT2D eigenvalue weighted by atomic mass is 10.2. The monoisotopic (exact) mass is 362 g/mol. The van der Waals surface area contributed by atoms with Crippen LogP contribution in [0.3, 0.4) is 0 Å². The van der Waals surface area contributed by atoms with E-state index in [1.165, 1.54) is 12.5 Å². The van der Waals surface area contributed by atoms with E-state index in [2.05, 4.69) is 33.7 Å². The summed E-state index contributed by atoms with van der Waals surface area (Å²) in [6.45, 7) is 5.92. The van der Waals surface area contributed by atoms with Crippen LogP contribution in [0.15, 0.2) is 39.9 Å². The number of nitrogens with zero attached hydrogens (tertiary/aromatic N) is 4. The van der Waals surface area contributed by atoms with Gasteiger partial charge in [-0.05, 0) is 38.1 Å². The van der Waals surface area contributed by atoms with E-state index >= 15 is 0 Å². The average Bonchev–Trinajstić information content (AvgIpc) is 3.05. The summed E-state index contributed by atoms with van der Waals surface area (Å²) in [4.78, 5) is 24.5. The van der Waals surface area contributed by atoms with Gasteiger partial charge in [-0.2, -0.15) is 5.11 Å². The summed E-state index contributed by atoms with van der Waals surface area (Å²) in [6, 6.07) is 7.36. The molecule has 1 aromatic heterocycles. The van der Waals surface area contributed by atoms with Gasteiger partial charge in [0.05, 0.1) is 23.1 Å². The van der Waals surface area contributed by atoms with Gasteiger partial charge in [0.2, 0.25) is 0 Å². The first-order chi connectivity index (χ1) is 12.0. The Kier molecular flexibility index (Phi) is 6.18. The van der Waals surface area contributed by atoms with Crippen molar-refractivity contribution < 1.29 is 14.5 Å². The number of nitro groups is 1. The zero-order valence-electron chi connectivity index (χ0n) is 14.1. The second-order valence-electron chi connectivity index (χ2n) is 4.94. The van der Waals surface area contributed by atoms with Crippen LogP contribution < -0.4 is 4.90 Å². The molecule has 0 bridgehead atoms. The second-order valence-corrected chi connectivity index (χ2v) is 5.82. The Bertz CT molecular complexity index is 782. The standard InChI is InChI=1S/C16H18N4O4S/c1-4-19(5-2)12-8-6-11(7-9-12)17-18-14-13(20(22)23)10-25-15(14)16(21)24-3/h6-10H,4-5H2,1-3H3. The van der Waals surface area contributed by atoms with E-state index in [1.807, 2.05) is 12.1 Å². The van der Waals surface area contributed by atoms with Crippen molar-refractivity contribution in [2.24, 2.45) is 10.2 Å². The minimum Gasteiger partial charge on any atom is -0.465 e. The molecule has 1 aromatic carbocycles. The molecule has 0 saturated carbocycles. The molecule has 0 saturated heterocycles. The highest BCUT2D eigenvalue weighted by Gasteiger charge is 2.25. The molecule has 132 valence electrons. The zero-order valence-corrected chi connectivity index (χ0v) is 14.9. The zero-order chi connectivity index (χ0) is 18.4. The Morgan fingerprint density at radius 1 is 1.24 bits per heavy atom. The number of esters is 1. The van der Waals surface area contributed by atoms with Gasteiger partial charge in [-0.3, -0.25) is 10.1 Å². The first-order valence-corrected chi connectivity index (χ1v) is 8.50. The number of methoxy groups -OCH3 is 1. The predicted octanol–water partition coefficient (Wildman–Crippen LogP) is 4.70. The van der Waals surface area contributed by atoms with E-state index in [1.54, 1.807) is 12.1 Å². The lowest BCUT2D eigenvalue weighted by molar-refractivity contribution is -0.383. The van der Waals surface area contributed by atoms with Crippen LogP contribution in [-0.4, -0.2) is 31.1 Å². The van der Waals surface area contributed by atoms with E-state index in [0.29, 0.717) is 5.69 Å². The van der Waals surface area contributed by atoms with Crippen molar-refractivity contribution in [1.82, 2.24) is 0 Å². The molecule has 0 fully saturated rings. The first-order valence-electron chi connectivity index (χ1n) is 7.62. The third-order valence-corrected chi connectivity index (χ3v) is 4.49. The number of hydrogen-bond donors (Lipinski definition) is 0. The summed E-state index contributed by atoms with van der Waals surface area (Å²) in [5, 5.41) is 20.3. The minimum atomic E-state index is -0.677. The molecule has 0 aliphatic carbocycles. The van der Waals surface area contributed by atoms with Gasteiger partial charge >= 0.3 is 11.7 Å². The molecule has 0 aliphatic rings. The first kappa shape index (κ1) is 18.5. The van der Waals surface area contributed by atoms with E-state index in [9.17, 15) is 14.9 Å². The van der Waals surface area contributed by atoms with Crippen LogP contribution in [0, 0.1) is 10.1 Å². The van der Waals surface area contributed by atoms with Crippen molar-refractivity contribution in [2.45, 2.75) is 13.8 Å². The third kappa shape index (κ3) is 4.18. The van der Waals surface area contributed by atoms with Gasteiger partial charge in [0, 0.05) is 18.8 Å². The lowest BCUT2D eigenvalue weighted by Crippen LogP contribution is -2.21. The fourth-order valence-corrected chi connectivity index (χ4v) is 3.10. The Balaban J connectivity index is 2.31. The summed E-state index contributed by atoms with van der Waals surface area (Å²) < 4.78 is 4.63. The highest BCUT2D eigenvalue weighted by molar-refractivity contribution is 7.13. The normalized spacial score (nSPS) is 10.8. The summed E-state index contributed by atoms with van der Waals surface area (Å²) in [6.07, 6.45) is 0. The van der Waals surface area contributed by atoms with Crippen LogP contribution in [-0.2, 0) is 4.74 Å². The molecular formula is C16H18N4O4S. The topological polar surface area (TPSA) is 97.4 Å². The van der Waals surface area contributed by atoms with Gasteiger partial charge in [-0.15, -0.1) is 16.5 Å². The van der Waals surface area contributed by atoms with Crippen LogP contribution in [0.25, 0.3) is 0 Å². The van der Waals surface area contributed by atoms with E-state index in [0.717, 1.165) is 30.1 Å². The molecular weight excluding hydrogens is 344 g/mol. The molecule has 8 nitrogen and oxygen atoms in total. The number of carbonyl (C=O) groups excluding carboxylic acids is 1. The van der Waals surface area contributed by atoms with Crippen molar-refractivity contribution in [3.05, 3.63) is 44.6 Å². The molecule has 0 N–H and O–H groups in total. The number of thiophene rings is 1. The highest BCUT2D eigenvalue weighted by Crippen LogP contribution is 2.38. The van der Waals surface area contributed by atoms with Gasteiger partial charge in [-0.1, -0.05) is 0 Å². The minimum absolute atomic E-state index is 0.0534. The van der Waals surface area contributed by atoms with Crippen molar-refractivity contribution in [1.29, 1.82) is 0 Å². The van der Waals surface area contributed by atoms with Crippen molar-refractivity contribution in [3.8, 4) is 0 Å². The van der Waals surface area contributed by atoms with E-state index < -0.39 is 10.9 Å². The maximum Gasteiger partial charge on any atom is 0.350 e. The van der Waals surface area contributed by atoms with Gasteiger partial charge in [0.1, 0.15) is 4.88 Å². The third-order valence-electron chi connectivity index (χ3n) is 3.56. The SMILES string of the molecule is CCN(CC)c1ccc(N=Nc2c([N+](=O)[O-])csc2C(=O)OC)cc1. The number of benzene rings is 1. The van der Waals surface area contributed by atoms with Crippen LogP contribution >= 0.6 is 11.3 Å². The van der Waals surface area contributed by atoms with Crippen molar-refractivity contribution >= 4 is 40.1 Å². The molecule has 0 amide bonds. The van der Waals surface area contributed by atoms with Crippen molar-refractivity contribution in [2.75, 3.05) is 25.1 Å². The van der Waals surface area contributed by atoms with Crippen LogP contribution in [0.1, 0.15) is 23.5 Å². The largest absolute Gasteiger partial charge is 0.465 e. The Morgan fingerprint density at radius 3 is 2.40 bits per heavy atom. The van der Waals surface area contributed by atoms with Gasteiger partial charge in [0.15, 0.2) is 5.69 Å². The summed E-state index contributed by atoms with van der Waals surface area (Å²) in [7, 11) is 1.21. The molecule has 0 spiro atoms. The lowest BCUT2D eigenvalue weighted by Gasteiger charge is -2.20. The number of rotatable bonds is 7. The maximum absolute atomic E-state index is 11.7. The molecule has 9 heteroatoms. The Hall–Kier alpha value is -2.81. The average molecular weight is 362 g/mol. The smallest absolute Gasteiger partial charge is 0.350 e. The van der Waals surface area contributed by atoms with Crippen LogP contribution in [0.4, 0.5) is 22.7 Å². The van der Waals surface area contributed by atoms with Crippen molar-refractivity contribution in [3.63, 3.8) is 0 Å². The van der Waals surface area contributed by atoms with Gasteiger partial charge in [0.25, 0.3) is 0 Å². The summed E-state index contributed by atoms with van der Waals surface area (Å²) in [5.41, 5.74) is 1.23.